The minimum absolute atomic E-state index is 0.0489. The van der Waals surface area contributed by atoms with E-state index < -0.39 is 0 Å². The summed E-state index contributed by atoms with van der Waals surface area (Å²) in [6.07, 6.45) is 1.55. The lowest BCUT2D eigenvalue weighted by atomic mass is 9.87. The molecule has 1 N–H and O–H groups in total. The number of hydrazone groups is 1. The Balaban J connectivity index is 1.88. The molecular weight excluding hydrogens is 396 g/mol. The van der Waals surface area contributed by atoms with Gasteiger partial charge in [-0.15, -0.1) is 0 Å². The van der Waals surface area contributed by atoms with Crippen LogP contribution in [-0.4, -0.2) is 25.8 Å². The number of amides is 1. The first-order chi connectivity index (χ1) is 12.3. The fourth-order valence-corrected chi connectivity index (χ4v) is 2.65. The van der Waals surface area contributed by atoms with E-state index in [0.717, 1.165) is 15.8 Å². The van der Waals surface area contributed by atoms with Crippen LogP contribution in [0, 0.1) is 0 Å². The molecule has 0 radical (unpaired) electrons. The van der Waals surface area contributed by atoms with E-state index in [1.807, 2.05) is 42.5 Å². The highest BCUT2D eigenvalue weighted by atomic mass is 79.9. The van der Waals surface area contributed by atoms with Gasteiger partial charge in [-0.3, -0.25) is 4.79 Å². The van der Waals surface area contributed by atoms with Gasteiger partial charge in [0.2, 0.25) is 0 Å². The molecule has 0 unspecified atom stereocenters. The van der Waals surface area contributed by atoms with Crippen LogP contribution in [0.3, 0.4) is 0 Å². The van der Waals surface area contributed by atoms with Gasteiger partial charge in [0.05, 0.1) is 17.8 Å². The first-order valence-electron chi connectivity index (χ1n) is 8.18. The molecule has 0 fully saturated rings. The molecular formula is C20H23BrN2O3. The lowest BCUT2D eigenvalue weighted by Crippen LogP contribution is -2.24. The van der Waals surface area contributed by atoms with Gasteiger partial charge in [-0.1, -0.05) is 39.0 Å². The van der Waals surface area contributed by atoms with Gasteiger partial charge in [0.25, 0.3) is 5.91 Å². The summed E-state index contributed by atoms with van der Waals surface area (Å²) in [4.78, 5) is 11.9. The molecule has 0 atom stereocenters. The third-order valence-corrected chi connectivity index (χ3v) is 4.27. The maximum absolute atomic E-state index is 11.9. The molecule has 5 nitrogen and oxygen atoms in total. The lowest BCUT2D eigenvalue weighted by molar-refractivity contribution is -0.123. The quantitative estimate of drug-likeness (QED) is 0.562. The molecule has 0 spiro atoms. The molecule has 0 heterocycles. The van der Waals surface area contributed by atoms with Crippen LogP contribution in [0.15, 0.2) is 52.0 Å². The molecule has 138 valence electrons. The van der Waals surface area contributed by atoms with E-state index in [0.29, 0.717) is 5.75 Å². The Kier molecular flexibility index (Phi) is 6.80. The Labute approximate surface area is 162 Å². The number of ether oxygens (including phenoxy) is 2. The van der Waals surface area contributed by atoms with Crippen molar-refractivity contribution in [2.24, 2.45) is 5.10 Å². The zero-order valence-electron chi connectivity index (χ0n) is 15.4. The number of nitrogens with one attached hydrogen (secondary N) is 1. The van der Waals surface area contributed by atoms with Crippen LogP contribution >= 0.6 is 15.9 Å². The first-order valence-corrected chi connectivity index (χ1v) is 8.97. The Bertz CT molecular complexity index is 798. The summed E-state index contributed by atoms with van der Waals surface area (Å²) >= 11 is 3.49. The Morgan fingerprint density at radius 1 is 1.23 bits per heavy atom. The van der Waals surface area contributed by atoms with Crippen molar-refractivity contribution in [1.29, 1.82) is 0 Å². The minimum atomic E-state index is -0.337. The first kappa shape index (κ1) is 20.0. The summed E-state index contributed by atoms with van der Waals surface area (Å²) in [5, 5.41) is 3.93. The second kappa shape index (κ2) is 8.85. The van der Waals surface area contributed by atoms with Crippen LogP contribution in [0.4, 0.5) is 0 Å². The number of carbonyl (C=O) groups is 1. The molecule has 0 saturated heterocycles. The van der Waals surface area contributed by atoms with Gasteiger partial charge < -0.3 is 9.47 Å². The molecule has 6 heteroatoms. The normalized spacial score (nSPS) is 11.4. The summed E-state index contributed by atoms with van der Waals surface area (Å²) in [6, 6.07) is 13.2. The second-order valence-corrected chi connectivity index (χ2v) is 7.61. The summed E-state index contributed by atoms with van der Waals surface area (Å²) in [5.74, 6) is 1.01. The third kappa shape index (κ3) is 5.88. The van der Waals surface area contributed by atoms with Crippen molar-refractivity contribution in [3.8, 4) is 11.5 Å². The van der Waals surface area contributed by atoms with E-state index in [4.69, 9.17) is 9.47 Å². The number of rotatable bonds is 6. The molecule has 0 bridgehead atoms. The summed E-state index contributed by atoms with van der Waals surface area (Å²) < 4.78 is 11.5. The predicted molar refractivity (Wildman–Crippen MR) is 107 cm³/mol. The van der Waals surface area contributed by atoms with E-state index in [2.05, 4.69) is 47.2 Å². The highest BCUT2D eigenvalue weighted by Gasteiger charge is 2.15. The molecule has 0 saturated carbocycles. The highest BCUT2D eigenvalue weighted by Crippen LogP contribution is 2.31. The Morgan fingerprint density at radius 3 is 2.65 bits per heavy atom. The van der Waals surface area contributed by atoms with E-state index >= 15 is 0 Å². The monoisotopic (exact) mass is 418 g/mol. The number of halogens is 1. The van der Waals surface area contributed by atoms with Crippen molar-refractivity contribution in [2.75, 3.05) is 13.7 Å². The van der Waals surface area contributed by atoms with Gasteiger partial charge in [0.15, 0.2) is 6.61 Å². The molecule has 2 aromatic carbocycles. The average Bonchev–Trinajstić information content (AvgIpc) is 2.60. The average molecular weight is 419 g/mol. The Hall–Kier alpha value is -2.34. The zero-order chi connectivity index (χ0) is 19.2. The van der Waals surface area contributed by atoms with Crippen LogP contribution in [0.5, 0.6) is 11.5 Å². The largest absolute Gasteiger partial charge is 0.497 e. The predicted octanol–water partition coefficient (Wildman–Crippen LogP) is 4.28. The molecule has 2 rings (SSSR count). The smallest absolute Gasteiger partial charge is 0.277 e. The van der Waals surface area contributed by atoms with Crippen LogP contribution in [0.2, 0.25) is 0 Å². The van der Waals surface area contributed by atoms with Crippen LogP contribution < -0.4 is 14.9 Å². The molecule has 2 aromatic rings. The minimum Gasteiger partial charge on any atom is -0.497 e. The van der Waals surface area contributed by atoms with Crippen molar-refractivity contribution in [2.45, 2.75) is 26.2 Å². The van der Waals surface area contributed by atoms with Crippen molar-refractivity contribution in [3.05, 3.63) is 58.1 Å². The maximum Gasteiger partial charge on any atom is 0.277 e. The van der Waals surface area contributed by atoms with Crippen molar-refractivity contribution in [1.82, 2.24) is 5.43 Å². The molecule has 26 heavy (non-hydrogen) atoms. The van der Waals surface area contributed by atoms with Gasteiger partial charge in [0.1, 0.15) is 11.5 Å². The number of carbonyl (C=O) groups excluding carboxylic acids is 1. The summed E-state index contributed by atoms with van der Waals surface area (Å²) in [6.45, 7) is 6.30. The molecule has 0 aromatic heterocycles. The van der Waals surface area contributed by atoms with Crippen LogP contribution in [0.1, 0.15) is 31.9 Å². The summed E-state index contributed by atoms with van der Waals surface area (Å²) in [7, 11) is 1.60. The lowest BCUT2D eigenvalue weighted by Gasteiger charge is -2.20. The fraction of sp³-hybridized carbons (Fsp3) is 0.300. The van der Waals surface area contributed by atoms with Crippen molar-refractivity contribution in [3.63, 3.8) is 0 Å². The second-order valence-electron chi connectivity index (χ2n) is 6.75. The molecule has 1 amide bonds. The number of nitrogens with zero attached hydrogens (tertiary/aromatic N) is 1. The molecule has 0 aliphatic carbocycles. The highest BCUT2D eigenvalue weighted by molar-refractivity contribution is 9.10. The number of hydrogen-bond acceptors (Lipinski definition) is 4. The third-order valence-electron chi connectivity index (χ3n) is 3.65. The van der Waals surface area contributed by atoms with Crippen LogP contribution in [-0.2, 0) is 10.2 Å². The van der Waals surface area contributed by atoms with Crippen molar-refractivity contribution < 1.29 is 14.3 Å². The zero-order valence-corrected chi connectivity index (χ0v) is 17.0. The Morgan fingerprint density at radius 2 is 2.00 bits per heavy atom. The molecule has 0 aliphatic rings. The van der Waals surface area contributed by atoms with E-state index in [9.17, 15) is 4.79 Å². The topological polar surface area (TPSA) is 59.9 Å². The maximum atomic E-state index is 11.9. The van der Waals surface area contributed by atoms with Crippen LogP contribution in [0.25, 0.3) is 0 Å². The number of methoxy groups -OCH3 is 1. The van der Waals surface area contributed by atoms with Gasteiger partial charge in [0, 0.05) is 0 Å². The van der Waals surface area contributed by atoms with E-state index in [1.54, 1.807) is 13.3 Å². The number of benzene rings is 2. The summed E-state index contributed by atoms with van der Waals surface area (Å²) in [5.41, 5.74) is 4.50. The van der Waals surface area contributed by atoms with Gasteiger partial charge in [-0.25, -0.2) is 5.43 Å². The SMILES string of the molecule is COc1cccc(/C=N\NC(=O)COc2ccc(C(C)(C)C)cc2Br)c1. The van der Waals surface area contributed by atoms with Gasteiger partial charge in [-0.2, -0.15) is 5.10 Å². The van der Waals surface area contributed by atoms with E-state index in [-0.39, 0.29) is 17.9 Å². The van der Waals surface area contributed by atoms with Gasteiger partial charge in [-0.05, 0) is 56.7 Å². The fourth-order valence-electron chi connectivity index (χ4n) is 2.16. The molecule has 0 aliphatic heterocycles. The van der Waals surface area contributed by atoms with Crippen molar-refractivity contribution >= 4 is 28.1 Å². The standard InChI is InChI=1S/C20H23BrN2O3/c1-20(2,3)15-8-9-18(17(21)11-15)26-13-19(24)23-22-12-14-6-5-7-16(10-14)25-4/h5-12H,13H2,1-4H3,(H,23,24)/b22-12-. The number of hydrogen-bond donors (Lipinski definition) is 1. The van der Waals surface area contributed by atoms with Gasteiger partial charge >= 0.3 is 0 Å². The van der Waals surface area contributed by atoms with E-state index in [1.165, 1.54) is 5.56 Å².